The van der Waals surface area contributed by atoms with Crippen molar-refractivity contribution in [1.29, 1.82) is 0 Å². The molecule has 4 rings (SSSR count). The zero-order valence-corrected chi connectivity index (χ0v) is 18.9. The summed E-state index contributed by atoms with van der Waals surface area (Å²) in [6.45, 7) is 2.21. The molecule has 0 saturated heterocycles. The van der Waals surface area contributed by atoms with Gasteiger partial charge in [-0.3, -0.25) is 0 Å². The lowest BCUT2D eigenvalue weighted by Crippen LogP contribution is -2.18. The molecule has 30 heavy (non-hydrogen) atoms. The normalized spacial score (nSPS) is 14.8. The Morgan fingerprint density at radius 3 is 2.60 bits per heavy atom. The number of anilines is 1. The second-order valence-electron chi connectivity index (χ2n) is 6.98. The van der Waals surface area contributed by atoms with E-state index < -0.39 is 6.23 Å². The number of nitrogens with zero attached hydrogens (tertiary/aromatic N) is 3. The Hall–Kier alpha value is -2.02. The number of hydrogen-bond donors (Lipinski definition) is 1. The number of aromatic nitrogens is 3. The van der Waals surface area contributed by atoms with Gasteiger partial charge in [0.2, 0.25) is 17.3 Å². The number of ether oxygens (including phenoxy) is 1. The molecule has 1 aromatic heterocycles. The molecule has 1 aliphatic rings. The summed E-state index contributed by atoms with van der Waals surface area (Å²) in [6.07, 6.45) is 4.20. The first-order valence-corrected chi connectivity index (χ1v) is 11.8. The molecule has 1 N–H and O–H groups in total. The number of unbranched alkanes of at least 4 members (excludes halogenated alkanes) is 3. The van der Waals surface area contributed by atoms with E-state index in [0.29, 0.717) is 32.3 Å². The fourth-order valence-electron chi connectivity index (χ4n) is 3.29. The van der Waals surface area contributed by atoms with E-state index in [2.05, 4.69) is 27.4 Å². The molecule has 0 aliphatic carbocycles. The topological polar surface area (TPSA) is 59.9 Å². The number of fused-ring (bicyclic) bond motifs is 3. The SMILES string of the molecule is CCCCCCSc1nnc2c(n1)OC(c1c(Cl)cccc1Cl)Nc1ccccc1-2. The third-order valence-electron chi connectivity index (χ3n) is 4.82. The van der Waals surface area contributed by atoms with Gasteiger partial charge in [0.05, 0.1) is 15.6 Å². The van der Waals surface area contributed by atoms with E-state index in [9.17, 15) is 0 Å². The van der Waals surface area contributed by atoms with E-state index in [1.165, 1.54) is 19.3 Å². The van der Waals surface area contributed by atoms with Crippen LogP contribution >= 0.6 is 35.0 Å². The number of benzene rings is 2. The van der Waals surface area contributed by atoms with Gasteiger partial charge in [-0.25, -0.2) is 0 Å². The average molecular weight is 461 g/mol. The molecule has 0 amide bonds. The van der Waals surface area contributed by atoms with Crippen LogP contribution < -0.4 is 10.1 Å². The lowest BCUT2D eigenvalue weighted by atomic mass is 10.1. The maximum Gasteiger partial charge on any atom is 0.247 e. The van der Waals surface area contributed by atoms with E-state index in [0.717, 1.165) is 23.4 Å². The van der Waals surface area contributed by atoms with Gasteiger partial charge < -0.3 is 10.1 Å². The van der Waals surface area contributed by atoms with Crippen molar-refractivity contribution < 1.29 is 4.74 Å². The molecular weight excluding hydrogens is 439 g/mol. The minimum atomic E-state index is -0.604. The Labute approximate surface area is 190 Å². The summed E-state index contributed by atoms with van der Waals surface area (Å²) in [6, 6.07) is 13.2. The Kier molecular flexibility index (Phi) is 6.97. The molecule has 0 saturated carbocycles. The maximum atomic E-state index is 6.45. The van der Waals surface area contributed by atoms with Crippen molar-refractivity contribution in [2.45, 2.75) is 44.0 Å². The van der Waals surface area contributed by atoms with E-state index in [1.807, 2.05) is 30.3 Å². The Balaban J connectivity index is 1.67. The second kappa shape index (κ2) is 9.86. The first-order chi connectivity index (χ1) is 14.7. The van der Waals surface area contributed by atoms with Gasteiger partial charge in [0.1, 0.15) is 0 Å². The summed E-state index contributed by atoms with van der Waals surface area (Å²) in [5.74, 6) is 1.37. The second-order valence-corrected chi connectivity index (χ2v) is 8.86. The van der Waals surface area contributed by atoms with Crippen molar-refractivity contribution in [1.82, 2.24) is 15.2 Å². The zero-order valence-electron chi connectivity index (χ0n) is 16.6. The monoisotopic (exact) mass is 460 g/mol. The summed E-state index contributed by atoms with van der Waals surface area (Å²) < 4.78 is 6.27. The van der Waals surface area contributed by atoms with Crippen molar-refractivity contribution in [2.24, 2.45) is 0 Å². The molecule has 2 heterocycles. The third kappa shape index (κ3) is 4.66. The van der Waals surface area contributed by atoms with Crippen LogP contribution in [0.2, 0.25) is 10.0 Å². The van der Waals surface area contributed by atoms with Crippen LogP contribution in [0.4, 0.5) is 5.69 Å². The average Bonchev–Trinajstić information content (AvgIpc) is 2.90. The van der Waals surface area contributed by atoms with Crippen LogP contribution in [-0.2, 0) is 0 Å². The number of rotatable bonds is 7. The summed E-state index contributed by atoms with van der Waals surface area (Å²) in [5.41, 5.74) is 2.99. The minimum Gasteiger partial charge on any atom is -0.448 e. The Morgan fingerprint density at radius 1 is 1.00 bits per heavy atom. The van der Waals surface area contributed by atoms with Crippen molar-refractivity contribution in [2.75, 3.05) is 11.1 Å². The summed E-state index contributed by atoms with van der Waals surface area (Å²) in [7, 11) is 0. The molecule has 0 fully saturated rings. The van der Waals surface area contributed by atoms with Crippen LogP contribution in [0, 0.1) is 0 Å². The van der Waals surface area contributed by atoms with Crippen LogP contribution in [0.3, 0.4) is 0 Å². The molecule has 3 aromatic rings. The van der Waals surface area contributed by atoms with Crippen molar-refractivity contribution in [3.05, 3.63) is 58.1 Å². The molecule has 1 unspecified atom stereocenters. The summed E-state index contributed by atoms with van der Waals surface area (Å²) in [5, 5.41) is 13.8. The zero-order chi connectivity index (χ0) is 20.9. The first kappa shape index (κ1) is 21.2. The standard InChI is InChI=1S/C22H22Cl2N4OS/c1-2-3-4-7-13-30-22-26-21-19(27-28-22)14-9-5-6-12-17(14)25-20(29-21)18-15(23)10-8-11-16(18)24/h5-6,8-12,20,25H,2-4,7,13H2,1H3. The van der Waals surface area contributed by atoms with E-state index in [1.54, 1.807) is 23.9 Å². The molecular formula is C22H22Cl2N4OS. The number of thioether (sulfide) groups is 1. The lowest BCUT2D eigenvalue weighted by molar-refractivity contribution is 0.225. The highest BCUT2D eigenvalue weighted by molar-refractivity contribution is 7.99. The number of hydrogen-bond acceptors (Lipinski definition) is 6. The largest absolute Gasteiger partial charge is 0.448 e. The Morgan fingerprint density at radius 2 is 1.80 bits per heavy atom. The highest BCUT2D eigenvalue weighted by atomic mass is 35.5. The highest BCUT2D eigenvalue weighted by Crippen LogP contribution is 2.42. The maximum absolute atomic E-state index is 6.45. The van der Waals surface area contributed by atoms with Gasteiger partial charge in [-0.05, 0) is 24.6 Å². The molecule has 0 bridgehead atoms. The van der Waals surface area contributed by atoms with Gasteiger partial charge in [-0.15, -0.1) is 10.2 Å². The predicted molar refractivity (Wildman–Crippen MR) is 124 cm³/mol. The third-order valence-corrected chi connectivity index (χ3v) is 6.41. The number of nitrogens with one attached hydrogen (secondary N) is 1. The summed E-state index contributed by atoms with van der Waals surface area (Å²) in [4.78, 5) is 4.67. The van der Waals surface area contributed by atoms with Gasteiger partial charge in [0.25, 0.3) is 0 Å². The quantitative estimate of drug-likeness (QED) is 0.301. The van der Waals surface area contributed by atoms with Gasteiger partial charge >= 0.3 is 0 Å². The molecule has 0 spiro atoms. The fourth-order valence-corrected chi connectivity index (χ4v) is 4.67. The predicted octanol–water partition coefficient (Wildman–Crippen LogP) is 7.02. The van der Waals surface area contributed by atoms with Crippen LogP contribution in [-0.4, -0.2) is 20.9 Å². The van der Waals surface area contributed by atoms with Crippen LogP contribution in [0.15, 0.2) is 47.6 Å². The molecule has 156 valence electrons. The molecule has 0 radical (unpaired) electrons. The molecule has 1 atom stereocenters. The van der Waals surface area contributed by atoms with Crippen molar-refractivity contribution >= 4 is 40.7 Å². The van der Waals surface area contributed by atoms with Gasteiger partial charge in [-0.1, -0.05) is 85.4 Å². The Bertz CT molecular complexity index is 1010. The van der Waals surface area contributed by atoms with Gasteiger partial charge in [-0.2, -0.15) is 4.98 Å². The molecule has 2 aromatic carbocycles. The van der Waals surface area contributed by atoms with Crippen LogP contribution in [0.1, 0.15) is 44.4 Å². The summed E-state index contributed by atoms with van der Waals surface area (Å²) >= 11 is 14.5. The molecule has 5 nitrogen and oxygen atoms in total. The van der Waals surface area contributed by atoms with E-state index in [4.69, 9.17) is 27.9 Å². The fraction of sp³-hybridized carbons (Fsp3) is 0.318. The minimum absolute atomic E-state index is 0.416. The lowest BCUT2D eigenvalue weighted by Gasteiger charge is -2.21. The van der Waals surface area contributed by atoms with Gasteiger partial charge in [0, 0.05) is 17.0 Å². The smallest absolute Gasteiger partial charge is 0.247 e. The number of para-hydroxylation sites is 1. The van der Waals surface area contributed by atoms with Crippen molar-refractivity contribution in [3.63, 3.8) is 0 Å². The van der Waals surface area contributed by atoms with Crippen LogP contribution in [0.25, 0.3) is 11.3 Å². The van der Waals surface area contributed by atoms with Gasteiger partial charge in [0.15, 0.2) is 5.69 Å². The van der Waals surface area contributed by atoms with E-state index in [-0.39, 0.29) is 0 Å². The van der Waals surface area contributed by atoms with E-state index >= 15 is 0 Å². The molecule has 1 aliphatic heterocycles. The van der Waals surface area contributed by atoms with Crippen molar-refractivity contribution in [3.8, 4) is 17.1 Å². The molecule has 8 heteroatoms. The first-order valence-electron chi connectivity index (χ1n) is 10.0. The number of halogens is 2. The van der Waals surface area contributed by atoms with Crippen LogP contribution in [0.5, 0.6) is 5.88 Å². The highest BCUT2D eigenvalue weighted by Gasteiger charge is 2.28.